The Morgan fingerprint density at radius 3 is 2.75 bits per heavy atom. The average molecular weight is 214 g/mol. The van der Waals surface area contributed by atoms with Crippen LogP contribution in [0, 0.1) is 6.92 Å². The molecule has 0 unspecified atom stereocenters. The van der Waals surface area contributed by atoms with Crippen LogP contribution in [0.4, 0.5) is 0 Å². The van der Waals surface area contributed by atoms with Gasteiger partial charge in [0.05, 0.1) is 5.52 Å². The highest BCUT2D eigenvalue weighted by Crippen LogP contribution is 2.14. The summed E-state index contributed by atoms with van der Waals surface area (Å²) in [7, 11) is 0. The molecule has 1 heterocycles. The van der Waals surface area contributed by atoms with Crippen molar-refractivity contribution in [2.75, 3.05) is 0 Å². The Kier molecular flexibility index (Phi) is 3.20. The first kappa shape index (κ1) is 11.1. The van der Waals surface area contributed by atoms with Crippen molar-refractivity contribution >= 4 is 10.9 Å². The minimum Gasteiger partial charge on any atom is -0.310 e. The fourth-order valence-electron chi connectivity index (χ4n) is 1.71. The first-order valence-electron chi connectivity index (χ1n) is 5.75. The number of nitrogens with one attached hydrogen (secondary N) is 1. The molecule has 2 nitrogen and oxygen atoms in total. The Hall–Kier alpha value is -1.41. The van der Waals surface area contributed by atoms with Gasteiger partial charge in [-0.15, -0.1) is 0 Å². The van der Waals surface area contributed by atoms with Gasteiger partial charge in [0.15, 0.2) is 0 Å². The van der Waals surface area contributed by atoms with E-state index in [1.807, 2.05) is 6.92 Å². The van der Waals surface area contributed by atoms with E-state index < -0.39 is 0 Å². The maximum absolute atomic E-state index is 4.49. The van der Waals surface area contributed by atoms with Crippen molar-refractivity contribution in [3.63, 3.8) is 0 Å². The normalized spacial score (nSPS) is 11.2. The van der Waals surface area contributed by atoms with Crippen molar-refractivity contribution < 1.29 is 0 Å². The lowest BCUT2D eigenvalue weighted by Crippen LogP contribution is -2.21. The van der Waals surface area contributed by atoms with Crippen LogP contribution in [-0.4, -0.2) is 11.0 Å². The van der Waals surface area contributed by atoms with E-state index in [9.17, 15) is 0 Å². The van der Waals surface area contributed by atoms with E-state index in [1.54, 1.807) is 0 Å². The van der Waals surface area contributed by atoms with Crippen molar-refractivity contribution in [1.82, 2.24) is 10.3 Å². The monoisotopic (exact) mass is 214 g/mol. The third kappa shape index (κ3) is 2.58. The molecular formula is C14H18N2. The molecule has 2 aromatic rings. The van der Waals surface area contributed by atoms with Gasteiger partial charge in [0.2, 0.25) is 0 Å². The molecule has 0 bridgehead atoms. The van der Waals surface area contributed by atoms with Crippen LogP contribution in [0.15, 0.2) is 30.3 Å². The van der Waals surface area contributed by atoms with Crippen molar-refractivity contribution in [3.05, 3.63) is 41.6 Å². The number of nitrogens with zero attached hydrogens (tertiary/aromatic N) is 1. The van der Waals surface area contributed by atoms with Gasteiger partial charge in [-0.3, -0.25) is 4.98 Å². The molecule has 16 heavy (non-hydrogen) atoms. The lowest BCUT2D eigenvalue weighted by molar-refractivity contribution is 0.589. The van der Waals surface area contributed by atoms with Crippen molar-refractivity contribution in [3.8, 4) is 0 Å². The summed E-state index contributed by atoms with van der Waals surface area (Å²) in [5.74, 6) is 0. The van der Waals surface area contributed by atoms with Crippen LogP contribution in [0.25, 0.3) is 10.9 Å². The molecule has 84 valence electrons. The van der Waals surface area contributed by atoms with E-state index in [0.29, 0.717) is 6.04 Å². The summed E-state index contributed by atoms with van der Waals surface area (Å²) in [4.78, 5) is 4.49. The zero-order chi connectivity index (χ0) is 11.5. The van der Waals surface area contributed by atoms with Gasteiger partial charge in [0, 0.05) is 23.7 Å². The molecule has 0 saturated heterocycles. The van der Waals surface area contributed by atoms with Crippen LogP contribution in [-0.2, 0) is 6.54 Å². The molecule has 0 amide bonds. The molecule has 0 aliphatic rings. The predicted molar refractivity (Wildman–Crippen MR) is 68.5 cm³/mol. The highest BCUT2D eigenvalue weighted by atomic mass is 14.9. The maximum Gasteiger partial charge on any atom is 0.0705 e. The van der Waals surface area contributed by atoms with Gasteiger partial charge in [-0.2, -0.15) is 0 Å². The number of pyridine rings is 1. The standard InChI is InChI=1S/C14H18N2/c1-10(2)15-9-12-5-7-14-13(8-12)6-4-11(3)16-14/h4-8,10,15H,9H2,1-3H3. The molecule has 0 radical (unpaired) electrons. The van der Waals surface area contributed by atoms with Crippen LogP contribution in [0.1, 0.15) is 25.1 Å². The molecule has 0 spiro atoms. The van der Waals surface area contributed by atoms with Crippen LogP contribution < -0.4 is 5.32 Å². The number of fused-ring (bicyclic) bond motifs is 1. The highest BCUT2D eigenvalue weighted by Gasteiger charge is 1.99. The maximum atomic E-state index is 4.49. The number of benzene rings is 1. The smallest absolute Gasteiger partial charge is 0.0705 e. The zero-order valence-electron chi connectivity index (χ0n) is 10.1. The van der Waals surface area contributed by atoms with Crippen molar-refractivity contribution in [2.45, 2.75) is 33.4 Å². The highest BCUT2D eigenvalue weighted by molar-refractivity contribution is 5.79. The molecule has 0 saturated carbocycles. The first-order chi connectivity index (χ1) is 7.65. The molecule has 2 heteroatoms. The van der Waals surface area contributed by atoms with Gasteiger partial charge < -0.3 is 5.32 Å². The Bertz CT molecular complexity index is 489. The molecule has 2 rings (SSSR count). The van der Waals surface area contributed by atoms with Gasteiger partial charge in [-0.25, -0.2) is 0 Å². The quantitative estimate of drug-likeness (QED) is 0.849. The summed E-state index contributed by atoms with van der Waals surface area (Å²) >= 11 is 0. The topological polar surface area (TPSA) is 24.9 Å². The molecular weight excluding hydrogens is 196 g/mol. The minimum atomic E-state index is 0.520. The Labute approximate surface area is 96.7 Å². The molecule has 1 aromatic carbocycles. The largest absolute Gasteiger partial charge is 0.310 e. The van der Waals surface area contributed by atoms with E-state index >= 15 is 0 Å². The summed E-state index contributed by atoms with van der Waals surface area (Å²) < 4.78 is 0. The summed E-state index contributed by atoms with van der Waals surface area (Å²) in [6.45, 7) is 7.26. The van der Waals surface area contributed by atoms with Gasteiger partial charge >= 0.3 is 0 Å². The average Bonchev–Trinajstić information content (AvgIpc) is 2.26. The molecule has 1 N–H and O–H groups in total. The third-order valence-corrected chi connectivity index (χ3v) is 2.61. The summed E-state index contributed by atoms with van der Waals surface area (Å²) in [5.41, 5.74) is 3.46. The second-order valence-corrected chi connectivity index (χ2v) is 4.52. The molecule has 0 aliphatic heterocycles. The predicted octanol–water partition coefficient (Wildman–Crippen LogP) is 3.04. The summed E-state index contributed by atoms with van der Waals surface area (Å²) in [6, 6.07) is 11.2. The molecule has 0 aliphatic carbocycles. The van der Waals surface area contributed by atoms with E-state index in [1.165, 1.54) is 10.9 Å². The van der Waals surface area contributed by atoms with E-state index in [4.69, 9.17) is 0 Å². The first-order valence-corrected chi connectivity index (χ1v) is 5.75. The number of aromatic nitrogens is 1. The fraction of sp³-hybridized carbons (Fsp3) is 0.357. The Balaban J connectivity index is 2.26. The van der Waals surface area contributed by atoms with Crippen LogP contribution >= 0.6 is 0 Å². The zero-order valence-corrected chi connectivity index (χ0v) is 10.1. The van der Waals surface area contributed by atoms with Gasteiger partial charge in [-0.05, 0) is 30.7 Å². The number of hydrogen-bond donors (Lipinski definition) is 1. The van der Waals surface area contributed by atoms with Crippen LogP contribution in [0.2, 0.25) is 0 Å². The van der Waals surface area contributed by atoms with Crippen LogP contribution in [0.3, 0.4) is 0 Å². The summed E-state index contributed by atoms with van der Waals surface area (Å²) in [5, 5.41) is 4.63. The lowest BCUT2D eigenvalue weighted by atomic mass is 10.1. The molecule has 1 aromatic heterocycles. The Morgan fingerprint density at radius 1 is 1.19 bits per heavy atom. The van der Waals surface area contributed by atoms with Crippen molar-refractivity contribution in [2.24, 2.45) is 0 Å². The van der Waals surface area contributed by atoms with Crippen LogP contribution in [0.5, 0.6) is 0 Å². The Morgan fingerprint density at radius 2 is 2.00 bits per heavy atom. The van der Waals surface area contributed by atoms with Gasteiger partial charge in [-0.1, -0.05) is 26.0 Å². The molecule has 0 fully saturated rings. The van der Waals surface area contributed by atoms with Crippen molar-refractivity contribution in [1.29, 1.82) is 0 Å². The number of aryl methyl sites for hydroxylation is 1. The third-order valence-electron chi connectivity index (χ3n) is 2.61. The van der Waals surface area contributed by atoms with Gasteiger partial charge in [0.1, 0.15) is 0 Å². The second kappa shape index (κ2) is 4.62. The summed E-state index contributed by atoms with van der Waals surface area (Å²) in [6.07, 6.45) is 0. The van der Waals surface area contributed by atoms with E-state index in [0.717, 1.165) is 17.8 Å². The lowest BCUT2D eigenvalue weighted by Gasteiger charge is -2.08. The van der Waals surface area contributed by atoms with Gasteiger partial charge in [0.25, 0.3) is 0 Å². The van der Waals surface area contributed by atoms with E-state index in [2.05, 4.69) is 54.5 Å². The minimum absolute atomic E-state index is 0.520. The molecule has 0 atom stereocenters. The fourth-order valence-corrected chi connectivity index (χ4v) is 1.71. The second-order valence-electron chi connectivity index (χ2n) is 4.52. The number of hydrogen-bond acceptors (Lipinski definition) is 2. The SMILES string of the molecule is Cc1ccc2cc(CNC(C)C)ccc2n1. The van der Waals surface area contributed by atoms with E-state index in [-0.39, 0.29) is 0 Å². The number of rotatable bonds is 3.